The van der Waals surface area contributed by atoms with Crippen LogP contribution in [0.5, 0.6) is 0 Å². The summed E-state index contributed by atoms with van der Waals surface area (Å²) < 4.78 is 0. The Balaban J connectivity index is 2.79. The monoisotopic (exact) mass is 414 g/mol. The molecule has 0 radical (unpaired) electrons. The fourth-order valence-corrected chi connectivity index (χ4v) is 2.79. The molecule has 3 unspecified atom stereocenters. The first kappa shape index (κ1) is 23.4. The van der Waals surface area contributed by atoms with E-state index in [0.29, 0.717) is 17.9 Å². The Labute approximate surface area is 166 Å². The Bertz CT molecular complexity index is 668. The number of nitrogens with two attached hydrogens (primary N) is 2. The summed E-state index contributed by atoms with van der Waals surface area (Å²) in [5.74, 6) is -2.53. The number of thioether (sulfide) groups is 1. The molecule has 3 amide bonds. The van der Waals surface area contributed by atoms with E-state index in [0.717, 1.165) is 0 Å². The average molecular weight is 414 g/mol. The molecule has 1 rings (SSSR count). The number of carbonyl (C=O) groups excluding carboxylic acids is 3. The standard InChI is InChI=1S/C16H26N6O5S/c1-28-5-4-10(17)14(24)21-11(2-3-13(18)23)15(25)22-12(16(26)27)6-9-7-19-8-20-9/h7-8,10-12H,2-6,17H2,1H3,(H2,18,23)(H,19,20)(H,21,24)(H,22,25)(H,26,27). The third-order valence-corrected chi connectivity index (χ3v) is 4.52. The van der Waals surface area contributed by atoms with Gasteiger partial charge in [-0.05, 0) is 24.9 Å². The number of rotatable bonds is 13. The zero-order valence-corrected chi connectivity index (χ0v) is 16.3. The van der Waals surface area contributed by atoms with Gasteiger partial charge in [-0.15, -0.1) is 0 Å². The molecule has 0 fully saturated rings. The van der Waals surface area contributed by atoms with E-state index in [1.54, 1.807) is 0 Å². The van der Waals surface area contributed by atoms with E-state index < -0.39 is 41.8 Å². The molecule has 12 heteroatoms. The van der Waals surface area contributed by atoms with Gasteiger partial charge in [-0.3, -0.25) is 14.4 Å². The van der Waals surface area contributed by atoms with Gasteiger partial charge in [0.2, 0.25) is 17.7 Å². The predicted octanol–water partition coefficient (Wildman–Crippen LogP) is -1.65. The lowest BCUT2D eigenvalue weighted by atomic mass is 10.1. The highest BCUT2D eigenvalue weighted by Gasteiger charge is 2.28. The van der Waals surface area contributed by atoms with Crippen LogP contribution >= 0.6 is 11.8 Å². The Morgan fingerprint density at radius 3 is 2.43 bits per heavy atom. The number of H-pyrrole nitrogens is 1. The number of aromatic amines is 1. The molecule has 28 heavy (non-hydrogen) atoms. The zero-order valence-electron chi connectivity index (χ0n) is 15.5. The van der Waals surface area contributed by atoms with E-state index >= 15 is 0 Å². The lowest BCUT2D eigenvalue weighted by Crippen LogP contribution is -2.55. The second-order valence-electron chi connectivity index (χ2n) is 6.13. The minimum atomic E-state index is -1.25. The quantitative estimate of drug-likeness (QED) is 0.221. The molecule has 1 heterocycles. The maximum Gasteiger partial charge on any atom is 0.326 e. The molecule has 0 saturated heterocycles. The summed E-state index contributed by atoms with van der Waals surface area (Å²) in [5.41, 5.74) is 11.4. The van der Waals surface area contributed by atoms with Crippen LogP contribution in [0.1, 0.15) is 25.0 Å². The number of nitrogens with zero attached hydrogens (tertiary/aromatic N) is 1. The normalized spacial score (nSPS) is 13.9. The molecule has 0 bridgehead atoms. The number of hydrogen-bond acceptors (Lipinski definition) is 7. The topological polar surface area (TPSA) is 193 Å². The summed E-state index contributed by atoms with van der Waals surface area (Å²) in [6.07, 6.45) is 4.87. The number of carboxylic acids is 1. The molecule has 0 spiro atoms. The first-order valence-electron chi connectivity index (χ1n) is 8.58. The average Bonchev–Trinajstić information content (AvgIpc) is 3.14. The van der Waals surface area contributed by atoms with Crippen molar-refractivity contribution >= 4 is 35.5 Å². The van der Waals surface area contributed by atoms with Crippen molar-refractivity contribution in [2.24, 2.45) is 11.5 Å². The predicted molar refractivity (Wildman–Crippen MR) is 103 cm³/mol. The lowest BCUT2D eigenvalue weighted by Gasteiger charge is -2.22. The van der Waals surface area contributed by atoms with Gasteiger partial charge in [-0.1, -0.05) is 0 Å². The molecule has 0 saturated carbocycles. The van der Waals surface area contributed by atoms with Crippen molar-refractivity contribution in [3.63, 3.8) is 0 Å². The van der Waals surface area contributed by atoms with Gasteiger partial charge in [0.15, 0.2) is 0 Å². The van der Waals surface area contributed by atoms with E-state index in [-0.39, 0.29) is 19.3 Å². The van der Waals surface area contributed by atoms with Gasteiger partial charge < -0.3 is 32.2 Å². The molecule has 156 valence electrons. The third-order valence-electron chi connectivity index (χ3n) is 3.88. The Kier molecular flexibility index (Phi) is 10.0. The lowest BCUT2D eigenvalue weighted by molar-refractivity contribution is -0.142. The second-order valence-corrected chi connectivity index (χ2v) is 7.12. The van der Waals surface area contributed by atoms with Crippen molar-refractivity contribution in [2.75, 3.05) is 12.0 Å². The van der Waals surface area contributed by atoms with Crippen molar-refractivity contribution in [3.8, 4) is 0 Å². The van der Waals surface area contributed by atoms with Gasteiger partial charge >= 0.3 is 5.97 Å². The van der Waals surface area contributed by atoms with Gasteiger partial charge in [0.1, 0.15) is 12.1 Å². The molecule has 1 aromatic rings. The van der Waals surface area contributed by atoms with E-state index in [1.165, 1.54) is 24.3 Å². The van der Waals surface area contributed by atoms with Gasteiger partial charge in [0.05, 0.1) is 12.4 Å². The van der Waals surface area contributed by atoms with E-state index in [4.69, 9.17) is 11.5 Å². The van der Waals surface area contributed by atoms with Crippen molar-refractivity contribution < 1.29 is 24.3 Å². The minimum Gasteiger partial charge on any atom is -0.480 e. The van der Waals surface area contributed by atoms with Crippen LogP contribution in [-0.2, 0) is 25.6 Å². The van der Waals surface area contributed by atoms with Crippen LogP contribution in [0.25, 0.3) is 0 Å². The van der Waals surface area contributed by atoms with Crippen LogP contribution in [0.3, 0.4) is 0 Å². The van der Waals surface area contributed by atoms with E-state index in [2.05, 4.69) is 20.6 Å². The van der Waals surface area contributed by atoms with Crippen LogP contribution in [0.15, 0.2) is 12.5 Å². The van der Waals surface area contributed by atoms with Crippen LogP contribution in [0, 0.1) is 0 Å². The molecule has 0 aromatic carbocycles. The number of primary amides is 1. The first-order valence-corrected chi connectivity index (χ1v) is 9.97. The number of imidazole rings is 1. The summed E-state index contributed by atoms with van der Waals surface area (Å²) in [6, 6.07) is -3.20. The van der Waals surface area contributed by atoms with Gasteiger partial charge in [0.25, 0.3) is 0 Å². The summed E-state index contributed by atoms with van der Waals surface area (Å²) in [5, 5.41) is 14.2. The molecule has 0 aliphatic heterocycles. The molecule has 11 nitrogen and oxygen atoms in total. The number of carbonyl (C=O) groups is 4. The van der Waals surface area contributed by atoms with Gasteiger partial charge in [-0.2, -0.15) is 11.8 Å². The number of aromatic nitrogens is 2. The first-order chi connectivity index (χ1) is 13.2. The summed E-state index contributed by atoms with van der Waals surface area (Å²) in [7, 11) is 0. The molecule has 0 aliphatic rings. The number of nitrogens with one attached hydrogen (secondary N) is 3. The van der Waals surface area contributed by atoms with Gasteiger partial charge in [-0.25, -0.2) is 9.78 Å². The maximum absolute atomic E-state index is 12.6. The summed E-state index contributed by atoms with van der Waals surface area (Å²) in [6.45, 7) is 0. The largest absolute Gasteiger partial charge is 0.480 e. The molecular formula is C16H26N6O5S. The summed E-state index contributed by atoms with van der Waals surface area (Å²) in [4.78, 5) is 53.9. The second kappa shape index (κ2) is 12.0. The number of hydrogen-bond donors (Lipinski definition) is 6. The number of carboxylic acid groups (broad SMARTS) is 1. The highest BCUT2D eigenvalue weighted by atomic mass is 32.2. The van der Waals surface area contributed by atoms with E-state index in [9.17, 15) is 24.3 Å². The molecular weight excluding hydrogens is 388 g/mol. The Hall–Kier alpha value is -2.60. The third kappa shape index (κ3) is 8.39. The highest BCUT2D eigenvalue weighted by Crippen LogP contribution is 2.04. The summed E-state index contributed by atoms with van der Waals surface area (Å²) >= 11 is 1.53. The van der Waals surface area contributed by atoms with E-state index in [1.807, 2.05) is 6.26 Å². The highest BCUT2D eigenvalue weighted by molar-refractivity contribution is 7.98. The Morgan fingerprint density at radius 1 is 1.21 bits per heavy atom. The maximum atomic E-state index is 12.6. The number of aliphatic carboxylic acids is 1. The molecule has 3 atom stereocenters. The van der Waals surface area contributed by atoms with Crippen molar-refractivity contribution in [3.05, 3.63) is 18.2 Å². The van der Waals surface area contributed by atoms with Crippen LogP contribution in [0.2, 0.25) is 0 Å². The fourth-order valence-electron chi connectivity index (χ4n) is 2.30. The van der Waals surface area contributed by atoms with Gasteiger partial charge in [0, 0.05) is 24.7 Å². The van der Waals surface area contributed by atoms with Crippen LogP contribution in [0.4, 0.5) is 0 Å². The fraction of sp³-hybridized carbons (Fsp3) is 0.562. The zero-order chi connectivity index (χ0) is 21.1. The molecule has 8 N–H and O–H groups in total. The van der Waals surface area contributed by atoms with Crippen LogP contribution in [-0.4, -0.2) is 68.9 Å². The smallest absolute Gasteiger partial charge is 0.326 e. The van der Waals surface area contributed by atoms with Crippen LogP contribution < -0.4 is 22.1 Å². The molecule has 1 aromatic heterocycles. The van der Waals surface area contributed by atoms with Crippen molar-refractivity contribution in [1.82, 2.24) is 20.6 Å². The van der Waals surface area contributed by atoms with Crippen molar-refractivity contribution in [2.45, 2.75) is 43.8 Å². The van der Waals surface area contributed by atoms with Crippen molar-refractivity contribution in [1.29, 1.82) is 0 Å². The Morgan fingerprint density at radius 2 is 1.89 bits per heavy atom. The number of amides is 3. The minimum absolute atomic E-state index is 0.0230. The molecule has 0 aliphatic carbocycles. The SMILES string of the molecule is CSCCC(N)C(=O)NC(CCC(N)=O)C(=O)NC(Cc1cnc[nH]1)C(=O)O.